The summed E-state index contributed by atoms with van der Waals surface area (Å²) < 4.78 is 0. The van der Waals surface area contributed by atoms with Crippen molar-refractivity contribution in [3.8, 4) is 0 Å². The molecule has 2 nitrogen and oxygen atoms in total. The predicted octanol–water partition coefficient (Wildman–Crippen LogP) is 2.31. The molecule has 1 aliphatic carbocycles. The van der Waals surface area contributed by atoms with Gasteiger partial charge in [-0.1, -0.05) is 36.4 Å². The highest BCUT2D eigenvalue weighted by atomic mass is 16.3. The molecule has 2 heteroatoms. The molecule has 0 radical (unpaired) electrons. The van der Waals surface area contributed by atoms with Crippen molar-refractivity contribution in [2.45, 2.75) is 13.2 Å². The van der Waals surface area contributed by atoms with Crippen molar-refractivity contribution < 1.29 is 10.2 Å². The summed E-state index contributed by atoms with van der Waals surface area (Å²) in [4.78, 5) is 0. The summed E-state index contributed by atoms with van der Waals surface area (Å²) in [6.45, 7) is 0.0144. The molecule has 0 spiro atoms. The Morgan fingerprint density at radius 3 is 1.62 bits per heavy atom. The quantitative estimate of drug-likeness (QED) is 0.684. The molecular formula is C14H12O2. The van der Waals surface area contributed by atoms with Crippen LogP contribution in [0.1, 0.15) is 22.3 Å². The van der Waals surface area contributed by atoms with E-state index in [-0.39, 0.29) is 13.2 Å². The van der Waals surface area contributed by atoms with Crippen molar-refractivity contribution in [2.75, 3.05) is 0 Å². The molecule has 1 aliphatic rings. The topological polar surface area (TPSA) is 40.5 Å². The van der Waals surface area contributed by atoms with Crippen LogP contribution in [-0.4, -0.2) is 10.2 Å². The first-order valence-corrected chi connectivity index (χ1v) is 5.32. The summed E-state index contributed by atoms with van der Waals surface area (Å²) in [5, 5.41) is 20.9. The first-order chi connectivity index (χ1) is 7.85. The number of rotatable bonds is 2. The molecule has 0 fully saturated rings. The van der Waals surface area contributed by atoms with Crippen LogP contribution in [0.2, 0.25) is 0 Å². The van der Waals surface area contributed by atoms with E-state index in [0.29, 0.717) is 0 Å². The van der Waals surface area contributed by atoms with Crippen LogP contribution in [0.4, 0.5) is 0 Å². The number of hydrogen-bond donors (Lipinski definition) is 2. The molecule has 0 heterocycles. The molecule has 0 saturated heterocycles. The van der Waals surface area contributed by atoms with Gasteiger partial charge < -0.3 is 10.2 Å². The maximum Gasteiger partial charge on any atom is 0.0688 e. The first kappa shape index (κ1) is 9.58. The normalized spacial score (nSPS) is 12.6. The van der Waals surface area contributed by atoms with Gasteiger partial charge in [-0.2, -0.15) is 0 Å². The second-order valence-corrected chi connectivity index (χ2v) is 4.03. The van der Waals surface area contributed by atoms with E-state index in [9.17, 15) is 10.2 Å². The van der Waals surface area contributed by atoms with Crippen molar-refractivity contribution in [1.29, 1.82) is 0 Å². The average molecular weight is 212 g/mol. The lowest BCUT2D eigenvalue weighted by molar-refractivity contribution is 0.279. The third kappa shape index (κ3) is 1.14. The second kappa shape index (κ2) is 3.44. The largest absolute Gasteiger partial charge is 0.392 e. The minimum absolute atomic E-state index is 0.00718. The average Bonchev–Trinajstić information content (AvgIpc) is 2.75. The Hall–Kier alpha value is -1.64. The highest BCUT2D eigenvalue weighted by molar-refractivity contribution is 6.07. The van der Waals surface area contributed by atoms with E-state index in [1.807, 2.05) is 24.3 Å². The molecular weight excluding hydrogens is 200 g/mol. The maximum atomic E-state index is 9.36. The van der Waals surface area contributed by atoms with Crippen molar-refractivity contribution >= 4 is 22.9 Å². The van der Waals surface area contributed by atoms with E-state index in [0.717, 1.165) is 33.0 Å². The zero-order chi connectivity index (χ0) is 11.1. The van der Waals surface area contributed by atoms with Crippen LogP contribution in [0.5, 0.6) is 0 Å². The summed E-state index contributed by atoms with van der Waals surface area (Å²) >= 11 is 0. The van der Waals surface area contributed by atoms with Gasteiger partial charge in [0.1, 0.15) is 0 Å². The minimum Gasteiger partial charge on any atom is -0.392 e. The van der Waals surface area contributed by atoms with Gasteiger partial charge in [-0.05, 0) is 33.0 Å². The summed E-state index contributed by atoms with van der Waals surface area (Å²) in [5.41, 5.74) is 4.09. The first-order valence-electron chi connectivity index (χ1n) is 5.32. The van der Waals surface area contributed by atoms with Gasteiger partial charge in [0.15, 0.2) is 0 Å². The van der Waals surface area contributed by atoms with Crippen LogP contribution < -0.4 is 0 Å². The molecule has 2 aromatic rings. The van der Waals surface area contributed by atoms with E-state index < -0.39 is 0 Å². The SMILES string of the molecule is OCc1ccc2c3c(ccc(CO)c13)C=C2. The van der Waals surface area contributed by atoms with E-state index in [2.05, 4.69) is 12.2 Å². The van der Waals surface area contributed by atoms with Gasteiger partial charge in [0.25, 0.3) is 0 Å². The highest BCUT2D eigenvalue weighted by Gasteiger charge is 2.14. The monoisotopic (exact) mass is 212 g/mol. The van der Waals surface area contributed by atoms with Gasteiger partial charge >= 0.3 is 0 Å². The molecule has 0 atom stereocenters. The van der Waals surface area contributed by atoms with E-state index in [1.165, 1.54) is 0 Å². The summed E-state index contributed by atoms with van der Waals surface area (Å²) in [6, 6.07) is 7.89. The summed E-state index contributed by atoms with van der Waals surface area (Å²) in [6.07, 6.45) is 4.14. The van der Waals surface area contributed by atoms with E-state index >= 15 is 0 Å². The van der Waals surface area contributed by atoms with Crippen molar-refractivity contribution in [3.05, 3.63) is 46.5 Å². The lowest BCUT2D eigenvalue weighted by atomic mass is 9.95. The Morgan fingerprint density at radius 1 is 0.688 bits per heavy atom. The molecule has 80 valence electrons. The number of aliphatic hydroxyl groups is 2. The predicted molar refractivity (Wildman–Crippen MR) is 64.7 cm³/mol. The molecule has 0 saturated carbocycles. The number of benzene rings is 2. The number of aliphatic hydroxyl groups excluding tert-OH is 2. The standard InChI is InChI=1S/C14H12O2/c15-7-11-5-3-9-1-2-10-4-6-12(8-16)14(11)13(9)10/h1-6,15-16H,7-8H2. The smallest absolute Gasteiger partial charge is 0.0688 e. The second-order valence-electron chi connectivity index (χ2n) is 4.03. The number of hydrogen-bond acceptors (Lipinski definition) is 2. The van der Waals surface area contributed by atoms with Gasteiger partial charge in [-0.3, -0.25) is 0 Å². The molecule has 3 rings (SSSR count). The van der Waals surface area contributed by atoms with Crippen LogP contribution in [0.25, 0.3) is 22.9 Å². The van der Waals surface area contributed by atoms with Crippen molar-refractivity contribution in [2.24, 2.45) is 0 Å². The van der Waals surface area contributed by atoms with Crippen molar-refractivity contribution in [3.63, 3.8) is 0 Å². The molecule has 0 aromatic heterocycles. The Kier molecular flexibility index (Phi) is 2.06. The Morgan fingerprint density at radius 2 is 1.19 bits per heavy atom. The van der Waals surface area contributed by atoms with E-state index in [1.54, 1.807) is 0 Å². The van der Waals surface area contributed by atoms with E-state index in [4.69, 9.17) is 0 Å². The fourth-order valence-corrected chi connectivity index (χ4v) is 2.42. The minimum atomic E-state index is 0.00718. The Bertz CT molecular complexity index is 548. The third-order valence-electron chi connectivity index (χ3n) is 3.18. The van der Waals surface area contributed by atoms with Crippen LogP contribution in [0, 0.1) is 0 Å². The summed E-state index contributed by atoms with van der Waals surface area (Å²) in [5.74, 6) is 0. The lowest BCUT2D eigenvalue weighted by Gasteiger charge is -2.11. The molecule has 0 unspecified atom stereocenters. The fraction of sp³-hybridized carbons (Fsp3) is 0.143. The molecule has 16 heavy (non-hydrogen) atoms. The summed E-state index contributed by atoms with van der Waals surface area (Å²) in [7, 11) is 0. The van der Waals surface area contributed by atoms with Crippen LogP contribution >= 0.6 is 0 Å². The molecule has 0 aliphatic heterocycles. The lowest BCUT2D eigenvalue weighted by Crippen LogP contribution is -1.94. The van der Waals surface area contributed by atoms with Gasteiger partial charge in [0.05, 0.1) is 13.2 Å². The van der Waals surface area contributed by atoms with Crippen LogP contribution in [0.3, 0.4) is 0 Å². The maximum absolute atomic E-state index is 9.36. The molecule has 0 amide bonds. The molecule has 0 bridgehead atoms. The van der Waals surface area contributed by atoms with Gasteiger partial charge in [0, 0.05) is 0 Å². The van der Waals surface area contributed by atoms with Gasteiger partial charge in [-0.25, -0.2) is 0 Å². The Balaban J connectivity index is 2.50. The highest BCUT2D eigenvalue weighted by Crippen LogP contribution is 2.35. The molecule has 2 aromatic carbocycles. The van der Waals surface area contributed by atoms with Gasteiger partial charge in [-0.15, -0.1) is 0 Å². The fourth-order valence-electron chi connectivity index (χ4n) is 2.42. The zero-order valence-electron chi connectivity index (χ0n) is 8.77. The third-order valence-corrected chi connectivity index (χ3v) is 3.18. The van der Waals surface area contributed by atoms with Crippen molar-refractivity contribution in [1.82, 2.24) is 0 Å². The zero-order valence-corrected chi connectivity index (χ0v) is 8.77. The van der Waals surface area contributed by atoms with Crippen LogP contribution in [0.15, 0.2) is 24.3 Å². The molecule has 2 N–H and O–H groups in total. The Labute approximate surface area is 93.5 Å². The van der Waals surface area contributed by atoms with Crippen LogP contribution in [-0.2, 0) is 13.2 Å². The van der Waals surface area contributed by atoms with Gasteiger partial charge in [0.2, 0.25) is 0 Å².